The lowest BCUT2D eigenvalue weighted by atomic mass is 10.0. The Balaban J connectivity index is 2.10. The Morgan fingerprint density at radius 3 is 2.87 bits per heavy atom. The van der Waals surface area contributed by atoms with Crippen LogP contribution in [0.3, 0.4) is 0 Å². The lowest BCUT2D eigenvalue weighted by Crippen LogP contribution is -2.49. The number of aromatic nitrogens is 1. The summed E-state index contributed by atoms with van der Waals surface area (Å²) >= 11 is 6.10. The van der Waals surface area contributed by atoms with Crippen molar-refractivity contribution in [2.45, 2.75) is 45.5 Å². The Labute approximate surface area is 141 Å². The zero-order valence-electron chi connectivity index (χ0n) is 13.9. The molecule has 2 heterocycles. The van der Waals surface area contributed by atoms with Crippen LogP contribution < -0.4 is 0 Å². The molecule has 6 nitrogen and oxygen atoms in total. The average molecular weight is 343 g/mol. The van der Waals surface area contributed by atoms with E-state index in [0.29, 0.717) is 18.7 Å². The fraction of sp³-hybridized carbons (Fsp3) is 0.625. The first-order valence-corrected chi connectivity index (χ1v) is 7.95. The van der Waals surface area contributed by atoms with E-state index in [0.717, 1.165) is 5.56 Å². The molecule has 1 N–H and O–H groups in total. The minimum Gasteiger partial charge on any atom is -0.444 e. The number of hydrogen-bond acceptors (Lipinski definition) is 5. The van der Waals surface area contributed by atoms with E-state index >= 15 is 0 Å². The molecule has 2 rings (SSSR count). The van der Waals surface area contributed by atoms with Crippen molar-refractivity contribution in [2.75, 3.05) is 19.7 Å². The van der Waals surface area contributed by atoms with Gasteiger partial charge in [0.25, 0.3) is 0 Å². The van der Waals surface area contributed by atoms with Crippen LogP contribution in [0.15, 0.2) is 12.3 Å². The van der Waals surface area contributed by atoms with Gasteiger partial charge in [-0.15, -0.1) is 0 Å². The minimum atomic E-state index is -0.957. The fourth-order valence-electron chi connectivity index (χ4n) is 2.44. The van der Waals surface area contributed by atoms with E-state index in [-0.39, 0.29) is 11.7 Å². The number of morpholine rings is 1. The van der Waals surface area contributed by atoms with Crippen LogP contribution in [0, 0.1) is 6.92 Å². The van der Waals surface area contributed by atoms with Gasteiger partial charge in [0.1, 0.15) is 23.0 Å². The smallest absolute Gasteiger partial charge is 0.410 e. The van der Waals surface area contributed by atoms with Crippen LogP contribution in [0.2, 0.25) is 5.15 Å². The van der Waals surface area contributed by atoms with Gasteiger partial charge in [0.15, 0.2) is 0 Å². The van der Waals surface area contributed by atoms with Gasteiger partial charge in [0.05, 0.1) is 13.2 Å². The number of rotatable bonds is 2. The Morgan fingerprint density at radius 1 is 1.57 bits per heavy atom. The summed E-state index contributed by atoms with van der Waals surface area (Å²) in [6.07, 6.45) is -0.354. The third-order valence-corrected chi connectivity index (χ3v) is 3.85. The van der Waals surface area contributed by atoms with Crippen LogP contribution in [-0.2, 0) is 9.47 Å². The Hall–Kier alpha value is -1.37. The van der Waals surface area contributed by atoms with E-state index in [9.17, 15) is 9.90 Å². The molecule has 1 saturated heterocycles. The van der Waals surface area contributed by atoms with Crippen LogP contribution in [0.5, 0.6) is 0 Å². The minimum absolute atomic E-state index is 0.237. The number of aliphatic hydroxyl groups is 1. The first-order chi connectivity index (χ1) is 10.7. The summed E-state index contributed by atoms with van der Waals surface area (Å²) in [6.45, 7) is 8.29. The number of nitrogens with zero attached hydrogens (tertiary/aromatic N) is 2. The molecule has 23 heavy (non-hydrogen) atoms. The van der Waals surface area contributed by atoms with Crippen LogP contribution in [-0.4, -0.2) is 52.5 Å². The highest BCUT2D eigenvalue weighted by Crippen LogP contribution is 2.29. The van der Waals surface area contributed by atoms with Gasteiger partial charge < -0.3 is 19.5 Å². The summed E-state index contributed by atoms with van der Waals surface area (Å²) in [4.78, 5) is 17.7. The molecule has 0 saturated carbocycles. The third-order valence-electron chi connectivity index (χ3n) is 3.55. The van der Waals surface area contributed by atoms with Crippen molar-refractivity contribution in [3.05, 3.63) is 28.5 Å². The van der Waals surface area contributed by atoms with Gasteiger partial charge in [-0.05, 0) is 39.3 Å². The molecule has 0 radical (unpaired) electrons. The van der Waals surface area contributed by atoms with Crippen molar-refractivity contribution in [2.24, 2.45) is 0 Å². The molecule has 2 atom stereocenters. The first-order valence-electron chi connectivity index (χ1n) is 7.57. The number of aryl methyl sites for hydroxylation is 1. The highest BCUT2D eigenvalue weighted by Gasteiger charge is 2.33. The summed E-state index contributed by atoms with van der Waals surface area (Å²) in [5.74, 6) is 0. The number of aliphatic hydroxyl groups excluding tert-OH is 1. The number of ether oxygens (including phenoxy) is 2. The molecule has 1 aromatic rings. The molecule has 7 heteroatoms. The van der Waals surface area contributed by atoms with Gasteiger partial charge in [-0.25, -0.2) is 9.78 Å². The second-order valence-electron chi connectivity index (χ2n) is 6.61. The highest BCUT2D eigenvalue weighted by atomic mass is 35.5. The second-order valence-corrected chi connectivity index (χ2v) is 6.97. The molecule has 1 aromatic heterocycles. The summed E-state index contributed by atoms with van der Waals surface area (Å²) in [5.41, 5.74) is 0.799. The van der Waals surface area contributed by atoms with Crippen molar-refractivity contribution >= 4 is 17.7 Å². The normalized spacial score (nSPS) is 20.3. The maximum Gasteiger partial charge on any atom is 0.410 e. The predicted molar refractivity (Wildman–Crippen MR) is 86.5 cm³/mol. The Morgan fingerprint density at radius 2 is 2.26 bits per heavy atom. The van der Waals surface area contributed by atoms with Gasteiger partial charge in [0, 0.05) is 18.3 Å². The van der Waals surface area contributed by atoms with Gasteiger partial charge >= 0.3 is 6.09 Å². The maximum absolute atomic E-state index is 12.2. The van der Waals surface area contributed by atoms with Crippen molar-refractivity contribution < 1.29 is 19.4 Å². The molecule has 1 aliphatic rings. The second kappa shape index (κ2) is 7.03. The fourth-order valence-corrected chi connectivity index (χ4v) is 2.75. The zero-order chi connectivity index (χ0) is 17.2. The number of carbonyl (C=O) groups is 1. The van der Waals surface area contributed by atoms with Gasteiger partial charge in [0.2, 0.25) is 0 Å². The van der Waals surface area contributed by atoms with Gasteiger partial charge in [-0.1, -0.05) is 11.6 Å². The predicted octanol–water partition coefficient (Wildman–Crippen LogP) is 2.71. The average Bonchev–Trinajstić information content (AvgIpc) is 2.45. The van der Waals surface area contributed by atoms with Gasteiger partial charge in [-0.3, -0.25) is 0 Å². The standard InChI is InChI=1S/C16H23ClN2O4/c1-10-5-6-18-14(17)12(10)13(20)11-9-19(7-8-22-11)15(21)23-16(2,3)4/h5-6,11,13,20H,7-9H2,1-4H3/t11-,13?/m0/s1. The van der Waals surface area contributed by atoms with Crippen molar-refractivity contribution in [3.63, 3.8) is 0 Å². The number of carbonyl (C=O) groups excluding carboxylic acids is 1. The largest absolute Gasteiger partial charge is 0.444 e. The summed E-state index contributed by atoms with van der Waals surface area (Å²) in [7, 11) is 0. The molecule has 128 valence electrons. The summed E-state index contributed by atoms with van der Waals surface area (Å²) < 4.78 is 11.0. The molecule has 0 aliphatic carbocycles. The molecular formula is C16H23ClN2O4. The van der Waals surface area contributed by atoms with Crippen LogP contribution in [0.1, 0.15) is 38.0 Å². The Bertz CT molecular complexity index is 553. The van der Waals surface area contributed by atoms with E-state index < -0.39 is 23.9 Å². The molecule has 1 fully saturated rings. The molecule has 0 aromatic carbocycles. The molecule has 1 unspecified atom stereocenters. The molecule has 0 spiro atoms. The SMILES string of the molecule is Cc1ccnc(Cl)c1C(O)[C@@H]1CN(C(=O)OC(C)(C)C)CCO1. The van der Waals surface area contributed by atoms with Crippen molar-refractivity contribution in [1.29, 1.82) is 0 Å². The topological polar surface area (TPSA) is 71.9 Å². The molecule has 1 aliphatic heterocycles. The lowest BCUT2D eigenvalue weighted by molar-refractivity contribution is -0.0909. The van der Waals surface area contributed by atoms with E-state index in [2.05, 4.69) is 4.98 Å². The molecule has 0 bridgehead atoms. The number of halogens is 1. The first kappa shape index (κ1) is 18.0. The summed E-state index contributed by atoms with van der Waals surface area (Å²) in [5, 5.41) is 10.9. The molecule has 1 amide bonds. The highest BCUT2D eigenvalue weighted by molar-refractivity contribution is 6.30. The zero-order valence-corrected chi connectivity index (χ0v) is 14.6. The molecular weight excluding hydrogens is 320 g/mol. The maximum atomic E-state index is 12.2. The van der Waals surface area contributed by atoms with E-state index in [1.807, 2.05) is 27.7 Å². The monoisotopic (exact) mass is 342 g/mol. The van der Waals surface area contributed by atoms with E-state index in [1.165, 1.54) is 0 Å². The third kappa shape index (κ3) is 4.56. The van der Waals surface area contributed by atoms with Crippen molar-refractivity contribution in [3.8, 4) is 0 Å². The van der Waals surface area contributed by atoms with Crippen LogP contribution >= 0.6 is 11.6 Å². The van der Waals surface area contributed by atoms with Gasteiger partial charge in [-0.2, -0.15) is 0 Å². The number of hydrogen-bond donors (Lipinski definition) is 1. The van der Waals surface area contributed by atoms with E-state index in [4.69, 9.17) is 21.1 Å². The number of amides is 1. The Kier molecular flexibility index (Phi) is 5.49. The van der Waals surface area contributed by atoms with E-state index in [1.54, 1.807) is 17.2 Å². The summed E-state index contributed by atoms with van der Waals surface area (Å²) in [6, 6.07) is 1.78. The van der Waals surface area contributed by atoms with Crippen LogP contribution in [0.25, 0.3) is 0 Å². The number of pyridine rings is 1. The van der Waals surface area contributed by atoms with Crippen molar-refractivity contribution in [1.82, 2.24) is 9.88 Å². The quantitative estimate of drug-likeness (QED) is 0.837. The lowest BCUT2D eigenvalue weighted by Gasteiger charge is -2.36. The van der Waals surface area contributed by atoms with Crippen LogP contribution in [0.4, 0.5) is 4.79 Å².